The number of nitrogens with zero attached hydrogens (tertiary/aromatic N) is 4. The first-order valence-corrected chi connectivity index (χ1v) is 8.19. The largest absolute Gasteiger partial charge is 0.380 e. The van der Waals surface area contributed by atoms with Gasteiger partial charge in [-0.25, -0.2) is 4.99 Å². The minimum Gasteiger partial charge on any atom is -0.380 e. The molecule has 0 fully saturated rings. The van der Waals surface area contributed by atoms with Crippen molar-refractivity contribution in [1.82, 2.24) is 25.4 Å². The number of nitrogens with one attached hydrogen (secondary N) is 2. The molecule has 0 aliphatic heterocycles. The fraction of sp³-hybridized carbons (Fsp3) is 0.471. The van der Waals surface area contributed by atoms with Gasteiger partial charge in [-0.2, -0.15) is 0 Å². The standard InChI is InChI=1S/C17H26N6O.HI/c1-4-24-11-10-18-17(19-12-15-8-6-5-7-9-15)20-13-16-22-21-14(2)23(16)3;/h5-9H,4,10-13H2,1-3H3,(H2,18,19,20);1H. The van der Waals surface area contributed by atoms with Crippen LogP contribution < -0.4 is 10.6 Å². The van der Waals surface area contributed by atoms with Gasteiger partial charge in [0.1, 0.15) is 5.82 Å². The molecular formula is C17H27IN6O. The van der Waals surface area contributed by atoms with Crippen molar-refractivity contribution < 1.29 is 4.74 Å². The lowest BCUT2D eigenvalue weighted by Crippen LogP contribution is -2.39. The van der Waals surface area contributed by atoms with E-state index >= 15 is 0 Å². The van der Waals surface area contributed by atoms with E-state index in [-0.39, 0.29) is 24.0 Å². The average Bonchev–Trinajstić information content (AvgIpc) is 2.93. The van der Waals surface area contributed by atoms with E-state index in [1.54, 1.807) is 0 Å². The van der Waals surface area contributed by atoms with Gasteiger partial charge in [0.25, 0.3) is 0 Å². The molecule has 0 bridgehead atoms. The number of aromatic nitrogens is 3. The van der Waals surface area contributed by atoms with Crippen LogP contribution in [-0.4, -0.2) is 40.5 Å². The summed E-state index contributed by atoms with van der Waals surface area (Å²) < 4.78 is 7.32. The Morgan fingerprint density at radius 2 is 1.96 bits per heavy atom. The Labute approximate surface area is 166 Å². The lowest BCUT2D eigenvalue weighted by molar-refractivity contribution is 0.152. The molecule has 0 atom stereocenters. The second-order valence-corrected chi connectivity index (χ2v) is 5.35. The van der Waals surface area contributed by atoms with Gasteiger partial charge in [-0.15, -0.1) is 34.2 Å². The number of aryl methyl sites for hydroxylation is 1. The van der Waals surface area contributed by atoms with E-state index in [9.17, 15) is 0 Å². The first-order valence-electron chi connectivity index (χ1n) is 8.19. The maximum Gasteiger partial charge on any atom is 0.192 e. The summed E-state index contributed by atoms with van der Waals surface area (Å²) in [5.74, 6) is 2.49. The number of ether oxygens (including phenoxy) is 1. The molecule has 0 aliphatic carbocycles. The van der Waals surface area contributed by atoms with E-state index in [0.717, 1.165) is 23.2 Å². The minimum absolute atomic E-state index is 0. The Hall–Kier alpha value is -1.68. The highest BCUT2D eigenvalue weighted by molar-refractivity contribution is 14.0. The zero-order chi connectivity index (χ0) is 17.2. The monoisotopic (exact) mass is 458 g/mol. The Kier molecular flexibility index (Phi) is 10.1. The van der Waals surface area contributed by atoms with Gasteiger partial charge < -0.3 is 19.9 Å². The second-order valence-electron chi connectivity index (χ2n) is 5.35. The molecule has 0 spiro atoms. The van der Waals surface area contributed by atoms with Crippen LogP contribution >= 0.6 is 24.0 Å². The molecule has 25 heavy (non-hydrogen) atoms. The molecule has 2 N–H and O–H groups in total. The van der Waals surface area contributed by atoms with Gasteiger partial charge in [-0.05, 0) is 19.4 Å². The smallest absolute Gasteiger partial charge is 0.192 e. The zero-order valence-corrected chi connectivity index (χ0v) is 17.4. The molecule has 1 heterocycles. The summed E-state index contributed by atoms with van der Waals surface area (Å²) in [5, 5.41) is 14.8. The van der Waals surface area contributed by atoms with Gasteiger partial charge in [0.15, 0.2) is 11.8 Å². The van der Waals surface area contributed by atoms with Crippen molar-refractivity contribution in [2.45, 2.75) is 26.9 Å². The van der Waals surface area contributed by atoms with E-state index in [0.29, 0.717) is 32.8 Å². The van der Waals surface area contributed by atoms with Crippen molar-refractivity contribution in [2.75, 3.05) is 19.8 Å². The number of guanidine groups is 1. The minimum atomic E-state index is 0. The van der Waals surface area contributed by atoms with Gasteiger partial charge in [0, 0.05) is 20.2 Å². The fourth-order valence-corrected chi connectivity index (χ4v) is 2.08. The Bertz CT molecular complexity index is 644. The quantitative estimate of drug-likeness (QED) is 0.274. The van der Waals surface area contributed by atoms with Crippen LogP contribution in [0.2, 0.25) is 0 Å². The molecule has 8 heteroatoms. The van der Waals surface area contributed by atoms with E-state index in [4.69, 9.17) is 4.74 Å². The predicted molar refractivity (Wildman–Crippen MR) is 110 cm³/mol. The van der Waals surface area contributed by atoms with Crippen molar-refractivity contribution >= 4 is 29.9 Å². The van der Waals surface area contributed by atoms with E-state index < -0.39 is 0 Å². The molecule has 1 aromatic heterocycles. The van der Waals surface area contributed by atoms with Crippen LogP contribution in [0.1, 0.15) is 24.1 Å². The summed E-state index contributed by atoms with van der Waals surface area (Å²) in [6.07, 6.45) is 0. The highest BCUT2D eigenvalue weighted by Crippen LogP contribution is 2.00. The van der Waals surface area contributed by atoms with Crippen LogP contribution in [0.25, 0.3) is 0 Å². The zero-order valence-electron chi connectivity index (χ0n) is 15.0. The fourth-order valence-electron chi connectivity index (χ4n) is 2.08. The molecular weight excluding hydrogens is 431 g/mol. The number of rotatable bonds is 8. The summed E-state index contributed by atoms with van der Waals surface area (Å²) >= 11 is 0. The van der Waals surface area contributed by atoms with Crippen molar-refractivity contribution in [3.05, 3.63) is 47.5 Å². The van der Waals surface area contributed by atoms with Crippen molar-refractivity contribution in [3.63, 3.8) is 0 Å². The second kappa shape index (κ2) is 11.8. The summed E-state index contributed by atoms with van der Waals surface area (Å²) in [6.45, 7) is 7.15. The first kappa shape index (κ1) is 21.4. The maximum atomic E-state index is 5.36. The van der Waals surface area contributed by atoms with Crippen LogP contribution in [0, 0.1) is 6.92 Å². The molecule has 0 aliphatic rings. The third-order valence-corrected chi connectivity index (χ3v) is 3.60. The summed E-state index contributed by atoms with van der Waals surface area (Å²) in [7, 11) is 1.95. The molecule has 2 aromatic rings. The Balaban J connectivity index is 0.00000312. The molecule has 1 aromatic carbocycles. The lowest BCUT2D eigenvalue weighted by atomic mass is 10.2. The SMILES string of the molecule is CCOCCNC(=NCc1ccccc1)NCc1nnc(C)n1C.I. The van der Waals surface area contributed by atoms with Crippen LogP contribution in [0.4, 0.5) is 0 Å². The summed E-state index contributed by atoms with van der Waals surface area (Å²) in [5.41, 5.74) is 1.16. The molecule has 0 radical (unpaired) electrons. The average molecular weight is 458 g/mol. The topological polar surface area (TPSA) is 76.4 Å². The number of hydrogen-bond donors (Lipinski definition) is 2. The van der Waals surface area contributed by atoms with Crippen LogP contribution in [-0.2, 0) is 24.9 Å². The molecule has 0 saturated carbocycles. The summed E-state index contributed by atoms with van der Waals surface area (Å²) in [6, 6.07) is 10.2. The predicted octanol–water partition coefficient (Wildman–Crippen LogP) is 2.01. The molecule has 0 amide bonds. The molecule has 0 saturated heterocycles. The van der Waals surface area contributed by atoms with Crippen molar-refractivity contribution in [2.24, 2.45) is 12.0 Å². The molecule has 0 unspecified atom stereocenters. The van der Waals surface area contributed by atoms with E-state index in [1.165, 1.54) is 0 Å². The normalized spacial score (nSPS) is 11.1. The van der Waals surface area contributed by atoms with Crippen molar-refractivity contribution in [3.8, 4) is 0 Å². The molecule has 138 valence electrons. The third-order valence-electron chi connectivity index (χ3n) is 3.60. The van der Waals surface area contributed by atoms with Crippen LogP contribution in [0.3, 0.4) is 0 Å². The highest BCUT2D eigenvalue weighted by atomic mass is 127. The maximum absolute atomic E-state index is 5.36. The first-order chi connectivity index (χ1) is 11.7. The highest BCUT2D eigenvalue weighted by Gasteiger charge is 2.06. The van der Waals surface area contributed by atoms with Gasteiger partial charge in [-0.1, -0.05) is 30.3 Å². The van der Waals surface area contributed by atoms with E-state index in [2.05, 4.69) is 38.0 Å². The molecule has 2 rings (SSSR count). The van der Waals surface area contributed by atoms with Crippen LogP contribution in [0.5, 0.6) is 0 Å². The van der Waals surface area contributed by atoms with Gasteiger partial charge in [0.2, 0.25) is 0 Å². The number of halogens is 1. The Morgan fingerprint density at radius 3 is 2.60 bits per heavy atom. The summed E-state index contributed by atoms with van der Waals surface area (Å²) in [4.78, 5) is 4.62. The van der Waals surface area contributed by atoms with Gasteiger partial charge in [0.05, 0.1) is 19.7 Å². The molecule has 7 nitrogen and oxygen atoms in total. The van der Waals surface area contributed by atoms with Crippen molar-refractivity contribution in [1.29, 1.82) is 0 Å². The van der Waals surface area contributed by atoms with E-state index in [1.807, 2.05) is 43.7 Å². The Morgan fingerprint density at radius 1 is 1.20 bits per heavy atom. The van der Waals surface area contributed by atoms with Gasteiger partial charge >= 0.3 is 0 Å². The number of hydrogen-bond acceptors (Lipinski definition) is 4. The lowest BCUT2D eigenvalue weighted by Gasteiger charge is -2.12. The number of benzene rings is 1. The van der Waals surface area contributed by atoms with Gasteiger partial charge in [-0.3, -0.25) is 0 Å². The van der Waals surface area contributed by atoms with Crippen LogP contribution in [0.15, 0.2) is 35.3 Å². The third kappa shape index (κ3) is 7.39. The number of aliphatic imine (C=N–C) groups is 1.